The molecule has 0 radical (unpaired) electrons. The number of nitrogens with one attached hydrogen (secondary N) is 1. The van der Waals surface area contributed by atoms with Gasteiger partial charge in [0.05, 0.1) is 19.2 Å². The lowest BCUT2D eigenvalue weighted by Crippen LogP contribution is -2.08. The Hall–Kier alpha value is -2.45. The number of nitrogens with zero attached hydrogens (tertiary/aromatic N) is 1. The predicted octanol–water partition coefficient (Wildman–Crippen LogP) is 3.20. The van der Waals surface area contributed by atoms with E-state index in [-0.39, 0.29) is 5.76 Å². The number of rotatable bonds is 4. The maximum atomic E-state index is 11.7. The van der Waals surface area contributed by atoms with E-state index in [1.165, 1.54) is 13.2 Å². The first-order valence-corrected chi connectivity index (χ1v) is 6.12. The Kier molecular flexibility index (Phi) is 4.28. The molecular formula is C14H11ClN2O3. The molecule has 0 aliphatic heterocycles. The van der Waals surface area contributed by atoms with E-state index >= 15 is 0 Å². The van der Waals surface area contributed by atoms with Gasteiger partial charge in [-0.2, -0.15) is 5.26 Å². The molecule has 0 spiro atoms. The number of methoxy groups -OCH3 is 1. The Labute approximate surface area is 120 Å². The second kappa shape index (κ2) is 6.13. The minimum absolute atomic E-state index is 0.242. The molecule has 6 heteroatoms. The van der Waals surface area contributed by atoms with E-state index in [1.807, 2.05) is 6.07 Å². The van der Waals surface area contributed by atoms with Crippen molar-refractivity contribution < 1.29 is 13.9 Å². The van der Waals surface area contributed by atoms with Crippen molar-refractivity contribution in [1.29, 1.82) is 5.26 Å². The third kappa shape index (κ3) is 3.11. The highest BCUT2D eigenvalue weighted by Crippen LogP contribution is 2.22. The number of hydrogen-bond acceptors (Lipinski definition) is 5. The van der Waals surface area contributed by atoms with E-state index in [1.54, 1.807) is 24.3 Å². The summed E-state index contributed by atoms with van der Waals surface area (Å²) in [6.07, 6.45) is 0. The lowest BCUT2D eigenvalue weighted by Gasteiger charge is -2.10. The van der Waals surface area contributed by atoms with Crippen LogP contribution >= 0.6 is 11.6 Å². The SMILES string of the molecule is COC(=O)c1cc(Cl)ccc1NCc1ccc(C#N)o1. The van der Waals surface area contributed by atoms with Crippen molar-refractivity contribution in [2.24, 2.45) is 0 Å². The molecule has 0 amide bonds. The molecule has 0 fully saturated rings. The van der Waals surface area contributed by atoms with Crippen molar-refractivity contribution in [3.63, 3.8) is 0 Å². The normalized spacial score (nSPS) is 9.85. The van der Waals surface area contributed by atoms with Crippen LogP contribution in [0.15, 0.2) is 34.7 Å². The number of hydrogen-bond donors (Lipinski definition) is 1. The number of furan rings is 1. The third-order valence-electron chi connectivity index (χ3n) is 2.61. The van der Waals surface area contributed by atoms with Crippen molar-refractivity contribution in [3.8, 4) is 6.07 Å². The highest BCUT2D eigenvalue weighted by atomic mass is 35.5. The number of anilines is 1. The van der Waals surface area contributed by atoms with Gasteiger partial charge < -0.3 is 14.5 Å². The van der Waals surface area contributed by atoms with Gasteiger partial charge in [-0.05, 0) is 30.3 Å². The monoisotopic (exact) mass is 290 g/mol. The first-order chi connectivity index (χ1) is 9.63. The molecular weight excluding hydrogens is 280 g/mol. The van der Waals surface area contributed by atoms with Gasteiger partial charge >= 0.3 is 5.97 Å². The van der Waals surface area contributed by atoms with Crippen LogP contribution in [-0.2, 0) is 11.3 Å². The van der Waals surface area contributed by atoms with Gasteiger partial charge in [0.2, 0.25) is 5.76 Å². The second-order valence-corrected chi connectivity index (χ2v) is 4.35. The Bertz CT molecular complexity index is 673. The summed E-state index contributed by atoms with van der Waals surface area (Å²) < 4.78 is 9.94. The highest BCUT2D eigenvalue weighted by molar-refractivity contribution is 6.31. The maximum Gasteiger partial charge on any atom is 0.340 e. The zero-order chi connectivity index (χ0) is 14.5. The van der Waals surface area contributed by atoms with Gasteiger partial charge in [0, 0.05) is 10.7 Å². The van der Waals surface area contributed by atoms with Crippen LogP contribution in [0.2, 0.25) is 5.02 Å². The number of esters is 1. The molecule has 1 aromatic carbocycles. The fourth-order valence-electron chi connectivity index (χ4n) is 1.66. The molecule has 0 aliphatic carbocycles. The molecule has 0 bridgehead atoms. The van der Waals surface area contributed by atoms with Gasteiger partial charge in [0.15, 0.2) is 0 Å². The first kappa shape index (κ1) is 14.0. The number of benzene rings is 1. The van der Waals surface area contributed by atoms with E-state index in [2.05, 4.69) is 5.32 Å². The molecule has 20 heavy (non-hydrogen) atoms. The smallest absolute Gasteiger partial charge is 0.340 e. The van der Waals surface area contributed by atoms with Crippen LogP contribution in [0.3, 0.4) is 0 Å². The van der Waals surface area contributed by atoms with E-state index in [4.69, 9.17) is 26.0 Å². The van der Waals surface area contributed by atoms with Crippen LogP contribution in [0.1, 0.15) is 21.9 Å². The third-order valence-corrected chi connectivity index (χ3v) is 2.85. The molecule has 0 aliphatic rings. The van der Waals surface area contributed by atoms with Crippen molar-refractivity contribution >= 4 is 23.3 Å². The predicted molar refractivity (Wildman–Crippen MR) is 73.5 cm³/mol. The Morgan fingerprint density at radius 2 is 2.25 bits per heavy atom. The second-order valence-electron chi connectivity index (χ2n) is 3.91. The van der Waals surface area contributed by atoms with Crippen molar-refractivity contribution in [2.75, 3.05) is 12.4 Å². The van der Waals surface area contributed by atoms with Crippen molar-refractivity contribution in [1.82, 2.24) is 0 Å². The Morgan fingerprint density at radius 1 is 1.45 bits per heavy atom. The summed E-state index contributed by atoms with van der Waals surface area (Å²) in [5.74, 6) is 0.352. The van der Waals surface area contributed by atoms with Crippen LogP contribution in [-0.4, -0.2) is 13.1 Å². The lowest BCUT2D eigenvalue weighted by atomic mass is 10.1. The zero-order valence-corrected chi connectivity index (χ0v) is 11.4. The Morgan fingerprint density at radius 3 is 2.90 bits per heavy atom. The van der Waals surface area contributed by atoms with E-state index in [0.29, 0.717) is 28.6 Å². The molecule has 5 nitrogen and oxygen atoms in total. The number of carbonyl (C=O) groups is 1. The summed E-state index contributed by atoms with van der Waals surface area (Å²) >= 11 is 5.87. The highest BCUT2D eigenvalue weighted by Gasteiger charge is 2.12. The molecule has 0 atom stereocenters. The van der Waals surface area contributed by atoms with Crippen LogP contribution in [0, 0.1) is 11.3 Å². The zero-order valence-electron chi connectivity index (χ0n) is 10.6. The average molecular weight is 291 g/mol. The topological polar surface area (TPSA) is 75.3 Å². The van der Waals surface area contributed by atoms with Crippen molar-refractivity contribution in [3.05, 3.63) is 52.4 Å². The lowest BCUT2D eigenvalue weighted by molar-refractivity contribution is 0.0602. The summed E-state index contributed by atoms with van der Waals surface area (Å²) in [4.78, 5) is 11.7. The largest absolute Gasteiger partial charge is 0.465 e. The number of ether oxygens (including phenoxy) is 1. The number of nitriles is 1. The molecule has 0 saturated carbocycles. The van der Waals surface area contributed by atoms with Crippen LogP contribution in [0.5, 0.6) is 0 Å². The van der Waals surface area contributed by atoms with Gasteiger partial charge in [-0.3, -0.25) is 0 Å². The summed E-state index contributed by atoms with van der Waals surface area (Å²) in [6.45, 7) is 0.341. The van der Waals surface area contributed by atoms with Crippen LogP contribution < -0.4 is 5.32 Å². The molecule has 1 heterocycles. The molecule has 1 N–H and O–H groups in total. The molecule has 102 valence electrons. The molecule has 2 aromatic rings. The van der Waals surface area contributed by atoms with Gasteiger partial charge in [-0.25, -0.2) is 4.79 Å². The van der Waals surface area contributed by atoms with Gasteiger partial charge in [-0.1, -0.05) is 11.6 Å². The standard InChI is InChI=1S/C14H11ClN2O3/c1-19-14(18)12-6-9(15)2-5-13(12)17-8-11-4-3-10(7-16)20-11/h2-6,17H,8H2,1H3. The van der Waals surface area contributed by atoms with Crippen LogP contribution in [0.4, 0.5) is 5.69 Å². The van der Waals surface area contributed by atoms with E-state index < -0.39 is 5.97 Å². The average Bonchev–Trinajstić information content (AvgIpc) is 2.93. The quantitative estimate of drug-likeness (QED) is 0.875. The minimum Gasteiger partial charge on any atom is -0.465 e. The summed E-state index contributed by atoms with van der Waals surface area (Å²) in [7, 11) is 1.30. The van der Waals surface area contributed by atoms with E-state index in [0.717, 1.165) is 0 Å². The van der Waals surface area contributed by atoms with Gasteiger partial charge in [0.1, 0.15) is 11.8 Å². The molecule has 2 rings (SSSR count). The number of carbonyl (C=O) groups excluding carboxylic acids is 1. The molecule has 0 saturated heterocycles. The van der Waals surface area contributed by atoms with Gasteiger partial charge in [0.25, 0.3) is 0 Å². The summed E-state index contributed by atoms with van der Waals surface area (Å²) in [5.41, 5.74) is 0.920. The Balaban J connectivity index is 2.17. The fraction of sp³-hybridized carbons (Fsp3) is 0.143. The van der Waals surface area contributed by atoms with Crippen LogP contribution in [0.25, 0.3) is 0 Å². The fourth-order valence-corrected chi connectivity index (χ4v) is 1.84. The first-order valence-electron chi connectivity index (χ1n) is 5.74. The molecule has 0 unspecified atom stereocenters. The molecule has 1 aromatic heterocycles. The van der Waals surface area contributed by atoms with Gasteiger partial charge in [-0.15, -0.1) is 0 Å². The van der Waals surface area contributed by atoms with E-state index in [9.17, 15) is 4.79 Å². The minimum atomic E-state index is -0.479. The number of halogens is 1. The maximum absolute atomic E-state index is 11.7. The van der Waals surface area contributed by atoms with Crippen molar-refractivity contribution in [2.45, 2.75) is 6.54 Å². The summed E-state index contributed by atoms with van der Waals surface area (Å²) in [5, 5.41) is 12.2. The summed E-state index contributed by atoms with van der Waals surface area (Å²) in [6, 6.07) is 10.1.